The Bertz CT molecular complexity index is 469. The second-order valence-electron chi connectivity index (χ2n) is 6.35. The molecule has 1 unspecified atom stereocenters. The van der Waals surface area contributed by atoms with E-state index in [0.29, 0.717) is 0 Å². The van der Waals surface area contributed by atoms with E-state index in [-0.39, 0.29) is 17.2 Å². The fraction of sp³-hybridized carbons (Fsp3) is 0.533. The van der Waals surface area contributed by atoms with Gasteiger partial charge in [0.2, 0.25) is 5.91 Å². The Labute approximate surface area is 103 Å². The van der Waals surface area contributed by atoms with Crippen LogP contribution in [0, 0.1) is 19.3 Å². The third-order valence-corrected chi connectivity index (χ3v) is 3.27. The fourth-order valence-electron chi connectivity index (χ4n) is 2.61. The second-order valence-corrected chi connectivity index (χ2v) is 6.35. The van der Waals surface area contributed by atoms with Gasteiger partial charge in [0.25, 0.3) is 0 Å². The van der Waals surface area contributed by atoms with Crippen molar-refractivity contribution in [2.24, 2.45) is 5.41 Å². The van der Waals surface area contributed by atoms with E-state index in [9.17, 15) is 4.79 Å². The van der Waals surface area contributed by atoms with Crippen molar-refractivity contribution in [3.05, 3.63) is 28.8 Å². The van der Waals surface area contributed by atoms with Crippen LogP contribution >= 0.6 is 0 Å². The summed E-state index contributed by atoms with van der Waals surface area (Å²) in [5.74, 6) is 0.173. The standard InChI is InChI=1S/C15H21NO/c1-9-6-10(2)13-11(7-9)12(14(17)16-13)8-15(3,4)5/h6-7,12H,8H2,1-5H3,(H,16,17). The van der Waals surface area contributed by atoms with Gasteiger partial charge >= 0.3 is 0 Å². The molecule has 0 aromatic heterocycles. The van der Waals surface area contributed by atoms with Gasteiger partial charge in [-0.25, -0.2) is 0 Å². The van der Waals surface area contributed by atoms with Crippen LogP contribution in [0.15, 0.2) is 12.1 Å². The Kier molecular flexibility index (Phi) is 2.76. The number of hydrogen-bond donors (Lipinski definition) is 1. The number of aryl methyl sites for hydroxylation is 2. The van der Waals surface area contributed by atoms with E-state index in [1.165, 1.54) is 16.7 Å². The molecular formula is C15H21NO. The summed E-state index contributed by atoms with van der Waals surface area (Å²) in [6.07, 6.45) is 0.898. The predicted octanol–water partition coefficient (Wildman–Crippen LogP) is 3.78. The minimum absolute atomic E-state index is 0.0172. The molecule has 0 radical (unpaired) electrons. The first-order valence-corrected chi connectivity index (χ1v) is 6.20. The summed E-state index contributed by atoms with van der Waals surface area (Å²) in [5.41, 5.74) is 4.79. The number of amides is 1. The fourth-order valence-corrected chi connectivity index (χ4v) is 2.61. The Hall–Kier alpha value is -1.31. The molecule has 1 aliphatic heterocycles. The van der Waals surface area contributed by atoms with Crippen LogP contribution in [0.3, 0.4) is 0 Å². The lowest BCUT2D eigenvalue weighted by Gasteiger charge is -2.22. The van der Waals surface area contributed by atoms with Crippen LogP contribution in [-0.2, 0) is 4.79 Å². The Balaban J connectivity index is 2.43. The van der Waals surface area contributed by atoms with Gasteiger partial charge < -0.3 is 5.32 Å². The lowest BCUT2D eigenvalue weighted by atomic mass is 9.81. The molecule has 1 aromatic carbocycles. The molecule has 0 saturated heterocycles. The monoisotopic (exact) mass is 231 g/mol. The summed E-state index contributed by atoms with van der Waals surface area (Å²) in [5, 5.41) is 3.03. The van der Waals surface area contributed by atoms with E-state index in [4.69, 9.17) is 0 Å². The van der Waals surface area contributed by atoms with E-state index in [2.05, 4.69) is 52.1 Å². The Morgan fingerprint density at radius 2 is 1.88 bits per heavy atom. The molecule has 0 spiro atoms. The van der Waals surface area contributed by atoms with E-state index in [0.717, 1.165) is 12.1 Å². The molecule has 2 heteroatoms. The second kappa shape index (κ2) is 3.86. The summed E-state index contributed by atoms with van der Waals surface area (Å²) in [6.45, 7) is 10.7. The highest BCUT2D eigenvalue weighted by Crippen LogP contribution is 2.41. The van der Waals surface area contributed by atoms with Crippen LogP contribution in [0.2, 0.25) is 0 Å². The average molecular weight is 231 g/mol. The molecular weight excluding hydrogens is 210 g/mol. The normalized spacial score (nSPS) is 19.1. The highest BCUT2D eigenvalue weighted by atomic mass is 16.2. The first kappa shape index (κ1) is 12.2. The largest absolute Gasteiger partial charge is 0.325 e. The molecule has 17 heavy (non-hydrogen) atoms. The molecule has 1 heterocycles. The van der Waals surface area contributed by atoms with E-state index in [1.54, 1.807) is 0 Å². The summed E-state index contributed by atoms with van der Waals surface area (Å²) < 4.78 is 0. The van der Waals surface area contributed by atoms with Crippen molar-refractivity contribution >= 4 is 11.6 Å². The summed E-state index contributed by atoms with van der Waals surface area (Å²) in [4.78, 5) is 12.1. The first-order valence-electron chi connectivity index (χ1n) is 6.20. The van der Waals surface area contributed by atoms with Crippen molar-refractivity contribution in [1.29, 1.82) is 0 Å². The van der Waals surface area contributed by atoms with Crippen LogP contribution in [0.1, 0.15) is 49.8 Å². The average Bonchev–Trinajstić information content (AvgIpc) is 2.43. The predicted molar refractivity (Wildman–Crippen MR) is 71.4 cm³/mol. The van der Waals surface area contributed by atoms with Gasteiger partial charge in [-0.1, -0.05) is 38.5 Å². The molecule has 0 fully saturated rings. The quantitative estimate of drug-likeness (QED) is 0.783. The SMILES string of the molecule is Cc1cc(C)c2c(c1)C(CC(C)(C)C)C(=O)N2. The van der Waals surface area contributed by atoms with Crippen molar-refractivity contribution < 1.29 is 4.79 Å². The molecule has 0 aliphatic carbocycles. The first-order chi connectivity index (χ1) is 7.78. The number of hydrogen-bond acceptors (Lipinski definition) is 1. The van der Waals surface area contributed by atoms with Gasteiger partial charge in [0.1, 0.15) is 0 Å². The van der Waals surface area contributed by atoms with Gasteiger partial charge in [-0.15, -0.1) is 0 Å². The lowest BCUT2D eigenvalue weighted by molar-refractivity contribution is -0.117. The molecule has 1 aromatic rings. The van der Waals surface area contributed by atoms with Gasteiger partial charge in [-0.2, -0.15) is 0 Å². The van der Waals surface area contributed by atoms with Crippen molar-refractivity contribution in [3.63, 3.8) is 0 Å². The Morgan fingerprint density at radius 1 is 1.24 bits per heavy atom. The number of anilines is 1. The van der Waals surface area contributed by atoms with Crippen molar-refractivity contribution in [1.82, 2.24) is 0 Å². The zero-order valence-corrected chi connectivity index (χ0v) is 11.3. The molecule has 0 saturated carbocycles. The van der Waals surface area contributed by atoms with Gasteiger partial charge in [0.15, 0.2) is 0 Å². The molecule has 1 N–H and O–H groups in total. The molecule has 1 amide bonds. The zero-order chi connectivity index (χ0) is 12.8. The molecule has 2 rings (SSSR count). The van der Waals surface area contributed by atoms with Crippen molar-refractivity contribution in [2.45, 2.75) is 47.0 Å². The third-order valence-electron chi connectivity index (χ3n) is 3.27. The molecule has 1 atom stereocenters. The number of carbonyl (C=O) groups excluding carboxylic acids is 1. The zero-order valence-electron chi connectivity index (χ0n) is 11.3. The highest BCUT2D eigenvalue weighted by molar-refractivity contribution is 6.03. The van der Waals surface area contributed by atoms with Gasteiger partial charge in [-0.3, -0.25) is 4.79 Å². The van der Waals surface area contributed by atoms with Crippen molar-refractivity contribution in [2.75, 3.05) is 5.32 Å². The maximum absolute atomic E-state index is 12.1. The molecule has 1 aliphatic rings. The van der Waals surface area contributed by atoms with Gasteiger partial charge in [0, 0.05) is 5.69 Å². The third kappa shape index (κ3) is 2.36. The minimum Gasteiger partial charge on any atom is -0.325 e. The Morgan fingerprint density at radius 3 is 2.47 bits per heavy atom. The topological polar surface area (TPSA) is 29.1 Å². The summed E-state index contributed by atoms with van der Waals surface area (Å²) in [7, 11) is 0. The number of nitrogens with one attached hydrogen (secondary N) is 1. The van der Waals surface area contributed by atoms with Crippen LogP contribution in [0.25, 0.3) is 0 Å². The summed E-state index contributed by atoms with van der Waals surface area (Å²) in [6, 6.07) is 4.27. The number of fused-ring (bicyclic) bond motifs is 1. The van der Waals surface area contributed by atoms with E-state index in [1.807, 2.05) is 0 Å². The molecule has 2 nitrogen and oxygen atoms in total. The van der Waals surface area contributed by atoms with E-state index < -0.39 is 0 Å². The van der Waals surface area contributed by atoms with Crippen molar-refractivity contribution in [3.8, 4) is 0 Å². The summed E-state index contributed by atoms with van der Waals surface area (Å²) >= 11 is 0. The highest BCUT2D eigenvalue weighted by Gasteiger charge is 2.34. The van der Waals surface area contributed by atoms with Gasteiger partial charge in [0.05, 0.1) is 5.92 Å². The van der Waals surface area contributed by atoms with E-state index >= 15 is 0 Å². The number of benzene rings is 1. The minimum atomic E-state index is 0.0172. The van der Waals surface area contributed by atoms with Crippen LogP contribution < -0.4 is 5.32 Å². The smallest absolute Gasteiger partial charge is 0.232 e. The van der Waals surface area contributed by atoms with Gasteiger partial charge in [-0.05, 0) is 36.8 Å². The maximum Gasteiger partial charge on any atom is 0.232 e. The lowest BCUT2D eigenvalue weighted by Crippen LogP contribution is -2.18. The maximum atomic E-state index is 12.1. The van der Waals surface area contributed by atoms with Crippen LogP contribution in [0.4, 0.5) is 5.69 Å². The van der Waals surface area contributed by atoms with Crippen LogP contribution in [0.5, 0.6) is 0 Å². The number of carbonyl (C=O) groups is 1. The molecule has 92 valence electrons. The molecule has 0 bridgehead atoms. The van der Waals surface area contributed by atoms with Crippen LogP contribution in [-0.4, -0.2) is 5.91 Å². The number of rotatable bonds is 1.